The fraction of sp³-hybridized carbons (Fsp3) is 0.208. The lowest BCUT2D eigenvalue weighted by Crippen LogP contribution is -2.30. The number of carbonyl (C=O) groups excluding carboxylic acids is 1. The molecule has 3 aromatic rings. The van der Waals surface area contributed by atoms with Crippen LogP contribution in [0, 0.1) is 6.92 Å². The van der Waals surface area contributed by atoms with Crippen molar-refractivity contribution in [3.8, 4) is 23.0 Å². The first-order valence-corrected chi connectivity index (χ1v) is 12.6. The SMILES string of the molecule is COCCN(C)S(=O)(=O)c1cc2c(cc1Oc1ccccc1Br)Oc1ccc(C)cc1NC2=O. The Labute approximate surface area is 206 Å². The zero-order valence-electron chi connectivity index (χ0n) is 18.8. The van der Waals surface area contributed by atoms with Gasteiger partial charge in [-0.25, -0.2) is 8.42 Å². The molecule has 178 valence electrons. The highest BCUT2D eigenvalue weighted by molar-refractivity contribution is 9.10. The number of benzene rings is 3. The first-order valence-electron chi connectivity index (χ1n) is 10.4. The number of amides is 1. The van der Waals surface area contributed by atoms with Gasteiger partial charge in [-0.3, -0.25) is 4.79 Å². The number of halogens is 1. The van der Waals surface area contributed by atoms with Gasteiger partial charge in [0.15, 0.2) is 11.5 Å². The molecule has 0 saturated carbocycles. The van der Waals surface area contributed by atoms with Crippen molar-refractivity contribution in [1.29, 1.82) is 0 Å². The smallest absolute Gasteiger partial charge is 0.259 e. The van der Waals surface area contributed by atoms with Crippen LogP contribution in [0.2, 0.25) is 0 Å². The average Bonchev–Trinajstić information content (AvgIpc) is 2.93. The highest BCUT2D eigenvalue weighted by Crippen LogP contribution is 2.42. The Balaban J connectivity index is 1.87. The van der Waals surface area contributed by atoms with Gasteiger partial charge in [0.1, 0.15) is 16.4 Å². The number of sulfonamides is 1. The number of fused-ring (bicyclic) bond motifs is 2. The van der Waals surface area contributed by atoms with Crippen LogP contribution >= 0.6 is 15.9 Å². The Hall–Kier alpha value is -2.92. The predicted molar refractivity (Wildman–Crippen MR) is 132 cm³/mol. The number of rotatable bonds is 7. The van der Waals surface area contributed by atoms with E-state index in [9.17, 15) is 13.2 Å². The van der Waals surface area contributed by atoms with E-state index in [2.05, 4.69) is 21.2 Å². The maximum absolute atomic E-state index is 13.5. The molecular weight excluding hydrogens is 524 g/mol. The summed E-state index contributed by atoms with van der Waals surface area (Å²) in [4.78, 5) is 12.9. The molecule has 0 unspecified atom stereocenters. The number of methoxy groups -OCH3 is 1. The molecule has 1 heterocycles. The van der Waals surface area contributed by atoms with E-state index in [0.717, 1.165) is 9.87 Å². The van der Waals surface area contributed by atoms with Crippen LogP contribution in [0.15, 0.2) is 64.0 Å². The fourth-order valence-corrected chi connectivity index (χ4v) is 5.02. The lowest BCUT2D eigenvalue weighted by Gasteiger charge is -2.20. The predicted octanol–water partition coefficient (Wildman–Crippen LogP) is 5.17. The second kappa shape index (κ2) is 9.75. The Morgan fingerprint density at radius 3 is 2.56 bits per heavy atom. The fourth-order valence-electron chi connectivity index (χ4n) is 3.38. The van der Waals surface area contributed by atoms with E-state index >= 15 is 0 Å². The third-order valence-electron chi connectivity index (χ3n) is 5.25. The molecule has 8 nitrogen and oxygen atoms in total. The van der Waals surface area contributed by atoms with Crippen molar-refractivity contribution < 1.29 is 27.4 Å². The van der Waals surface area contributed by atoms with Crippen molar-refractivity contribution in [2.24, 2.45) is 0 Å². The van der Waals surface area contributed by atoms with Crippen LogP contribution in [0.1, 0.15) is 15.9 Å². The summed E-state index contributed by atoms with van der Waals surface area (Å²) >= 11 is 3.42. The minimum atomic E-state index is -4.04. The summed E-state index contributed by atoms with van der Waals surface area (Å²) in [6, 6.07) is 15.2. The molecule has 0 spiro atoms. The minimum Gasteiger partial charge on any atom is -0.455 e. The molecule has 0 radical (unpaired) electrons. The van der Waals surface area contributed by atoms with Gasteiger partial charge in [-0.05, 0) is 58.7 Å². The van der Waals surface area contributed by atoms with E-state index in [4.69, 9.17) is 14.2 Å². The Bertz CT molecular complexity index is 1360. The van der Waals surface area contributed by atoms with E-state index < -0.39 is 15.9 Å². The Morgan fingerprint density at radius 2 is 1.82 bits per heavy atom. The van der Waals surface area contributed by atoms with Crippen molar-refractivity contribution in [2.75, 3.05) is 32.6 Å². The van der Waals surface area contributed by atoms with Crippen molar-refractivity contribution in [1.82, 2.24) is 4.31 Å². The number of aryl methyl sites for hydroxylation is 1. The van der Waals surface area contributed by atoms with E-state index in [1.165, 1.54) is 26.3 Å². The molecule has 1 aliphatic rings. The van der Waals surface area contributed by atoms with Gasteiger partial charge in [0.05, 0.1) is 22.3 Å². The van der Waals surface area contributed by atoms with Crippen LogP contribution in [0.25, 0.3) is 0 Å². The highest BCUT2D eigenvalue weighted by atomic mass is 79.9. The average molecular weight is 547 g/mol. The summed E-state index contributed by atoms with van der Waals surface area (Å²) in [6.07, 6.45) is 0. The van der Waals surface area contributed by atoms with Crippen molar-refractivity contribution >= 4 is 37.5 Å². The van der Waals surface area contributed by atoms with Gasteiger partial charge in [-0.2, -0.15) is 4.31 Å². The molecule has 4 rings (SSSR count). The van der Waals surface area contributed by atoms with Gasteiger partial charge >= 0.3 is 0 Å². The number of anilines is 1. The van der Waals surface area contributed by atoms with Crippen LogP contribution in [-0.2, 0) is 14.8 Å². The number of hydrogen-bond acceptors (Lipinski definition) is 6. The molecular formula is C24H23BrN2O6S. The molecule has 10 heteroatoms. The van der Waals surface area contributed by atoms with Crippen molar-refractivity contribution in [3.63, 3.8) is 0 Å². The van der Waals surface area contributed by atoms with Gasteiger partial charge in [-0.1, -0.05) is 18.2 Å². The number of nitrogens with one attached hydrogen (secondary N) is 1. The van der Waals surface area contributed by atoms with Crippen molar-refractivity contribution in [2.45, 2.75) is 11.8 Å². The van der Waals surface area contributed by atoms with Crippen LogP contribution in [0.3, 0.4) is 0 Å². The normalized spacial score (nSPS) is 12.9. The zero-order chi connectivity index (χ0) is 24.5. The second-order valence-corrected chi connectivity index (χ2v) is 10.6. The summed E-state index contributed by atoms with van der Waals surface area (Å²) in [6.45, 7) is 2.23. The number of nitrogens with zero attached hydrogens (tertiary/aromatic N) is 1. The quantitative estimate of drug-likeness (QED) is 0.439. The molecule has 0 fully saturated rings. The molecule has 0 aromatic heterocycles. The molecule has 3 aromatic carbocycles. The van der Waals surface area contributed by atoms with Gasteiger partial charge in [-0.15, -0.1) is 0 Å². The molecule has 1 N–H and O–H groups in total. The highest BCUT2D eigenvalue weighted by Gasteiger charge is 2.31. The van der Waals surface area contributed by atoms with Gasteiger partial charge < -0.3 is 19.5 Å². The molecule has 0 bridgehead atoms. The van der Waals surface area contributed by atoms with E-state index in [1.807, 2.05) is 19.1 Å². The largest absolute Gasteiger partial charge is 0.455 e. The maximum atomic E-state index is 13.5. The second-order valence-electron chi connectivity index (χ2n) is 7.70. The third kappa shape index (κ3) is 4.80. The lowest BCUT2D eigenvalue weighted by atomic mass is 10.1. The minimum absolute atomic E-state index is 0.0262. The Kier molecular flexibility index (Phi) is 6.94. The first-order chi connectivity index (χ1) is 16.2. The summed E-state index contributed by atoms with van der Waals surface area (Å²) in [7, 11) is -1.11. The van der Waals surface area contributed by atoms with E-state index in [-0.39, 0.29) is 35.1 Å². The van der Waals surface area contributed by atoms with Crippen LogP contribution in [-0.4, -0.2) is 45.9 Å². The molecule has 1 aliphatic heterocycles. The molecule has 34 heavy (non-hydrogen) atoms. The first kappa shape index (κ1) is 24.2. The van der Waals surface area contributed by atoms with Crippen LogP contribution in [0.4, 0.5) is 5.69 Å². The standard InChI is InChI=1S/C24H23BrN2O6S/c1-15-8-9-20-18(12-15)26-24(28)16-13-23(34(29,30)27(2)10-11-31-3)22(14-21(16)33-20)32-19-7-5-4-6-17(19)25/h4-9,12-14H,10-11H2,1-3H3,(H,26,28). The zero-order valence-corrected chi connectivity index (χ0v) is 21.2. The summed E-state index contributed by atoms with van der Waals surface area (Å²) in [5.41, 5.74) is 1.51. The molecule has 0 saturated heterocycles. The number of hydrogen-bond donors (Lipinski definition) is 1. The maximum Gasteiger partial charge on any atom is 0.259 e. The van der Waals surface area contributed by atoms with Gasteiger partial charge in [0, 0.05) is 26.8 Å². The number of para-hydroxylation sites is 1. The summed E-state index contributed by atoms with van der Waals surface area (Å²) < 4.78 is 45.8. The lowest BCUT2D eigenvalue weighted by molar-refractivity contribution is 0.102. The monoisotopic (exact) mass is 546 g/mol. The topological polar surface area (TPSA) is 94.2 Å². The number of carbonyl (C=O) groups is 1. The number of likely N-dealkylation sites (N-methyl/N-ethyl adjacent to an activating group) is 1. The van der Waals surface area contributed by atoms with E-state index in [0.29, 0.717) is 21.7 Å². The van der Waals surface area contributed by atoms with Crippen LogP contribution < -0.4 is 14.8 Å². The molecule has 0 atom stereocenters. The summed E-state index contributed by atoms with van der Waals surface area (Å²) in [5, 5.41) is 2.80. The van der Waals surface area contributed by atoms with Crippen molar-refractivity contribution in [3.05, 3.63) is 70.2 Å². The number of ether oxygens (including phenoxy) is 3. The van der Waals surface area contributed by atoms with Gasteiger partial charge in [0.2, 0.25) is 10.0 Å². The van der Waals surface area contributed by atoms with E-state index in [1.54, 1.807) is 30.3 Å². The Morgan fingerprint density at radius 1 is 1.06 bits per heavy atom. The molecule has 1 amide bonds. The third-order valence-corrected chi connectivity index (χ3v) is 7.78. The van der Waals surface area contributed by atoms with Crippen LogP contribution in [0.5, 0.6) is 23.0 Å². The molecule has 0 aliphatic carbocycles. The summed E-state index contributed by atoms with van der Waals surface area (Å²) in [5.74, 6) is 0.576. The van der Waals surface area contributed by atoms with Gasteiger partial charge in [0.25, 0.3) is 5.91 Å².